The molecule has 0 N–H and O–H groups in total. The van der Waals surface area contributed by atoms with Gasteiger partial charge in [-0.25, -0.2) is 0 Å². The summed E-state index contributed by atoms with van der Waals surface area (Å²) in [4.78, 5) is 13.6. The standard InChI is InChI=1S/C14H19NO/c1-9-7-13-10(2)5-6-11(3)14(13)15(8-9)12(4)16/h5-6,9H,7-8H2,1-4H3. The molecule has 1 aromatic rings. The molecule has 0 spiro atoms. The average Bonchev–Trinajstić information content (AvgIpc) is 2.22. The van der Waals surface area contributed by atoms with Crippen LogP contribution in [0.2, 0.25) is 0 Å². The summed E-state index contributed by atoms with van der Waals surface area (Å²) in [6, 6.07) is 4.27. The van der Waals surface area contributed by atoms with E-state index in [9.17, 15) is 4.79 Å². The smallest absolute Gasteiger partial charge is 0.223 e. The van der Waals surface area contributed by atoms with Crippen molar-refractivity contribution in [3.8, 4) is 0 Å². The molecule has 0 radical (unpaired) electrons. The number of amides is 1. The molecule has 0 fully saturated rings. The van der Waals surface area contributed by atoms with Gasteiger partial charge in [-0.3, -0.25) is 4.79 Å². The molecule has 1 atom stereocenters. The van der Waals surface area contributed by atoms with Gasteiger partial charge in [0, 0.05) is 19.2 Å². The summed E-state index contributed by atoms with van der Waals surface area (Å²) in [5, 5.41) is 0. The number of anilines is 1. The number of carbonyl (C=O) groups is 1. The Balaban J connectivity index is 2.60. The van der Waals surface area contributed by atoms with E-state index < -0.39 is 0 Å². The molecule has 0 aromatic heterocycles. The average molecular weight is 217 g/mol. The molecule has 0 aliphatic carbocycles. The van der Waals surface area contributed by atoms with E-state index in [0.29, 0.717) is 5.92 Å². The van der Waals surface area contributed by atoms with Crippen LogP contribution in [-0.2, 0) is 11.2 Å². The quantitative estimate of drug-likeness (QED) is 0.654. The van der Waals surface area contributed by atoms with E-state index in [1.807, 2.05) is 4.90 Å². The highest BCUT2D eigenvalue weighted by atomic mass is 16.2. The van der Waals surface area contributed by atoms with Crippen molar-refractivity contribution in [2.45, 2.75) is 34.1 Å². The van der Waals surface area contributed by atoms with Crippen LogP contribution in [0.15, 0.2) is 12.1 Å². The first-order chi connectivity index (χ1) is 7.50. The third-order valence-electron chi connectivity index (χ3n) is 3.42. The first kappa shape index (κ1) is 11.2. The topological polar surface area (TPSA) is 20.3 Å². The molecule has 1 aliphatic rings. The zero-order valence-corrected chi connectivity index (χ0v) is 10.5. The highest BCUT2D eigenvalue weighted by molar-refractivity contribution is 5.94. The van der Waals surface area contributed by atoms with E-state index in [1.54, 1.807) is 6.92 Å². The number of hydrogen-bond donors (Lipinski definition) is 0. The van der Waals surface area contributed by atoms with Crippen molar-refractivity contribution in [3.63, 3.8) is 0 Å². The van der Waals surface area contributed by atoms with Gasteiger partial charge in [0.2, 0.25) is 5.91 Å². The molecule has 0 saturated carbocycles. The summed E-state index contributed by atoms with van der Waals surface area (Å²) >= 11 is 0. The Morgan fingerprint density at radius 1 is 1.31 bits per heavy atom. The van der Waals surface area contributed by atoms with Crippen molar-refractivity contribution < 1.29 is 4.79 Å². The number of nitrogens with zero attached hydrogens (tertiary/aromatic N) is 1. The molecule has 1 aromatic carbocycles. The maximum absolute atomic E-state index is 11.7. The van der Waals surface area contributed by atoms with Crippen molar-refractivity contribution in [2.75, 3.05) is 11.4 Å². The number of carbonyl (C=O) groups excluding carboxylic acids is 1. The summed E-state index contributed by atoms with van der Waals surface area (Å²) in [5.41, 5.74) is 5.03. The van der Waals surface area contributed by atoms with Gasteiger partial charge in [0.15, 0.2) is 0 Å². The molecular weight excluding hydrogens is 198 g/mol. The van der Waals surface area contributed by atoms with Gasteiger partial charge in [0.05, 0.1) is 0 Å². The fourth-order valence-corrected chi connectivity index (χ4v) is 2.59. The first-order valence-corrected chi connectivity index (χ1v) is 5.88. The summed E-state index contributed by atoms with van der Waals surface area (Å²) in [6.07, 6.45) is 1.09. The molecule has 86 valence electrons. The van der Waals surface area contributed by atoms with E-state index in [0.717, 1.165) is 18.7 Å². The molecule has 0 saturated heterocycles. The van der Waals surface area contributed by atoms with Gasteiger partial charge in [-0.2, -0.15) is 0 Å². The van der Waals surface area contributed by atoms with E-state index >= 15 is 0 Å². The number of hydrogen-bond acceptors (Lipinski definition) is 1. The predicted octanol–water partition coefficient (Wildman–Crippen LogP) is 2.85. The minimum atomic E-state index is 0.154. The zero-order chi connectivity index (χ0) is 11.9. The van der Waals surface area contributed by atoms with E-state index in [-0.39, 0.29) is 5.91 Å². The third-order valence-corrected chi connectivity index (χ3v) is 3.42. The molecular formula is C14H19NO. The molecule has 1 amide bonds. The van der Waals surface area contributed by atoms with Crippen LogP contribution < -0.4 is 4.90 Å². The molecule has 1 unspecified atom stereocenters. The fourth-order valence-electron chi connectivity index (χ4n) is 2.59. The summed E-state index contributed by atoms with van der Waals surface area (Å²) < 4.78 is 0. The maximum Gasteiger partial charge on any atom is 0.223 e. The lowest BCUT2D eigenvalue weighted by atomic mass is 9.89. The normalized spacial score (nSPS) is 19.5. The van der Waals surface area contributed by atoms with Crippen LogP contribution >= 0.6 is 0 Å². The molecule has 1 heterocycles. The van der Waals surface area contributed by atoms with Gasteiger partial charge in [-0.1, -0.05) is 19.1 Å². The molecule has 1 aliphatic heterocycles. The van der Waals surface area contributed by atoms with Crippen LogP contribution in [0.25, 0.3) is 0 Å². The lowest BCUT2D eigenvalue weighted by Crippen LogP contribution is -2.38. The van der Waals surface area contributed by atoms with Crippen LogP contribution in [0.5, 0.6) is 0 Å². The van der Waals surface area contributed by atoms with Crippen molar-refractivity contribution in [2.24, 2.45) is 5.92 Å². The molecule has 16 heavy (non-hydrogen) atoms. The van der Waals surface area contributed by atoms with Gasteiger partial charge < -0.3 is 4.90 Å². The van der Waals surface area contributed by atoms with Gasteiger partial charge in [0.1, 0.15) is 0 Å². The Hall–Kier alpha value is -1.31. The fraction of sp³-hybridized carbons (Fsp3) is 0.500. The second kappa shape index (κ2) is 3.93. The number of fused-ring (bicyclic) bond motifs is 1. The van der Waals surface area contributed by atoms with Crippen LogP contribution in [0, 0.1) is 19.8 Å². The molecule has 2 heteroatoms. The Bertz CT molecular complexity index is 437. The van der Waals surface area contributed by atoms with Crippen LogP contribution in [0.3, 0.4) is 0 Å². The lowest BCUT2D eigenvalue weighted by Gasteiger charge is -2.34. The van der Waals surface area contributed by atoms with Crippen LogP contribution in [0.4, 0.5) is 5.69 Å². The Morgan fingerprint density at radius 3 is 2.56 bits per heavy atom. The van der Waals surface area contributed by atoms with E-state index in [4.69, 9.17) is 0 Å². The summed E-state index contributed by atoms with van der Waals surface area (Å²) in [7, 11) is 0. The van der Waals surface area contributed by atoms with Crippen LogP contribution in [0.1, 0.15) is 30.5 Å². The highest BCUT2D eigenvalue weighted by Crippen LogP contribution is 2.34. The van der Waals surface area contributed by atoms with E-state index in [2.05, 4.69) is 32.9 Å². The monoisotopic (exact) mass is 217 g/mol. The molecule has 0 bridgehead atoms. The minimum absolute atomic E-state index is 0.154. The number of aryl methyl sites for hydroxylation is 2. The zero-order valence-electron chi connectivity index (χ0n) is 10.5. The molecule has 2 rings (SSSR count). The lowest BCUT2D eigenvalue weighted by molar-refractivity contribution is -0.116. The molecule has 2 nitrogen and oxygen atoms in total. The Morgan fingerprint density at radius 2 is 1.94 bits per heavy atom. The number of benzene rings is 1. The van der Waals surface area contributed by atoms with Crippen LogP contribution in [-0.4, -0.2) is 12.5 Å². The third kappa shape index (κ3) is 1.73. The Labute approximate surface area is 97.3 Å². The SMILES string of the molecule is CC(=O)N1CC(C)Cc2c(C)ccc(C)c21. The first-order valence-electron chi connectivity index (χ1n) is 5.88. The maximum atomic E-state index is 11.7. The van der Waals surface area contributed by atoms with Gasteiger partial charge >= 0.3 is 0 Å². The van der Waals surface area contributed by atoms with E-state index in [1.165, 1.54) is 16.7 Å². The van der Waals surface area contributed by atoms with Crippen molar-refractivity contribution in [1.29, 1.82) is 0 Å². The van der Waals surface area contributed by atoms with Gasteiger partial charge in [-0.15, -0.1) is 0 Å². The minimum Gasteiger partial charge on any atom is -0.312 e. The second-order valence-corrected chi connectivity index (χ2v) is 4.97. The van der Waals surface area contributed by atoms with Crippen molar-refractivity contribution in [1.82, 2.24) is 0 Å². The number of rotatable bonds is 0. The van der Waals surface area contributed by atoms with Gasteiger partial charge in [-0.05, 0) is 42.9 Å². The largest absolute Gasteiger partial charge is 0.312 e. The highest BCUT2D eigenvalue weighted by Gasteiger charge is 2.26. The predicted molar refractivity (Wildman–Crippen MR) is 66.8 cm³/mol. The van der Waals surface area contributed by atoms with Crippen molar-refractivity contribution >= 4 is 11.6 Å². The Kier molecular flexibility index (Phi) is 2.75. The summed E-state index contributed by atoms with van der Waals surface area (Å²) in [5.74, 6) is 0.707. The summed E-state index contributed by atoms with van der Waals surface area (Å²) in [6.45, 7) is 8.94. The van der Waals surface area contributed by atoms with Gasteiger partial charge in [0.25, 0.3) is 0 Å². The van der Waals surface area contributed by atoms with Crippen molar-refractivity contribution in [3.05, 3.63) is 28.8 Å². The second-order valence-electron chi connectivity index (χ2n) is 4.97.